The van der Waals surface area contributed by atoms with E-state index in [9.17, 15) is 4.79 Å². The smallest absolute Gasteiger partial charge is 0.319 e. The van der Waals surface area contributed by atoms with E-state index in [1.54, 1.807) is 4.90 Å². The Bertz CT molecular complexity index is 319. The number of hydrogen-bond donors (Lipinski definition) is 1. The van der Waals surface area contributed by atoms with E-state index in [0.717, 1.165) is 25.9 Å². The fourth-order valence-electron chi connectivity index (χ4n) is 3.44. The minimum atomic E-state index is 0.152. The van der Waals surface area contributed by atoms with Crippen molar-refractivity contribution >= 4 is 6.03 Å². The third kappa shape index (κ3) is 3.41. The number of hydrogen-bond acceptors (Lipinski definition) is 2. The highest BCUT2D eigenvalue weighted by Gasteiger charge is 2.36. The Kier molecular flexibility index (Phi) is 4.39. The van der Waals surface area contributed by atoms with Crippen molar-refractivity contribution in [3.05, 3.63) is 0 Å². The summed E-state index contributed by atoms with van der Waals surface area (Å²) in [5, 5.41) is 3.85. The molecule has 0 bridgehead atoms. The Morgan fingerprint density at radius 1 is 1.21 bits per heavy atom. The number of carbonyl (C=O) groups excluding carboxylic acids is 1. The van der Waals surface area contributed by atoms with Gasteiger partial charge in [-0.2, -0.15) is 0 Å². The summed E-state index contributed by atoms with van der Waals surface area (Å²) < 4.78 is 0. The lowest BCUT2D eigenvalue weighted by atomic mass is 9.86. The molecular weight excluding hydrogens is 238 g/mol. The van der Waals surface area contributed by atoms with E-state index < -0.39 is 0 Å². The molecule has 19 heavy (non-hydrogen) atoms. The number of likely N-dealkylation sites (tertiary alicyclic amines) is 1. The van der Waals surface area contributed by atoms with E-state index >= 15 is 0 Å². The molecule has 4 nitrogen and oxygen atoms in total. The average molecular weight is 267 g/mol. The summed E-state index contributed by atoms with van der Waals surface area (Å²) in [5.74, 6) is 0. The first-order valence-electron chi connectivity index (χ1n) is 7.62. The first kappa shape index (κ1) is 14.6. The normalized spacial score (nSPS) is 27.6. The molecule has 2 rings (SSSR count). The van der Waals surface area contributed by atoms with Gasteiger partial charge in [0, 0.05) is 39.3 Å². The van der Waals surface area contributed by atoms with Gasteiger partial charge in [-0.3, -0.25) is 0 Å². The number of amides is 2. The first-order valence-corrected chi connectivity index (χ1v) is 7.62. The standard InChI is InChI=1S/C15H29N3O/c1-15(2)9-5-6-13(15)16-12-7-10-18(11-8-12)14(19)17(3)4/h12-13,16H,5-11H2,1-4H3. The quantitative estimate of drug-likeness (QED) is 0.833. The fourth-order valence-corrected chi connectivity index (χ4v) is 3.44. The molecule has 1 N–H and O–H groups in total. The molecule has 4 heteroatoms. The summed E-state index contributed by atoms with van der Waals surface area (Å²) in [7, 11) is 3.65. The van der Waals surface area contributed by atoms with Crippen LogP contribution in [0.15, 0.2) is 0 Å². The molecule has 2 fully saturated rings. The van der Waals surface area contributed by atoms with Gasteiger partial charge in [-0.1, -0.05) is 20.3 Å². The third-order valence-electron chi connectivity index (χ3n) is 4.84. The van der Waals surface area contributed by atoms with Crippen molar-refractivity contribution in [3.63, 3.8) is 0 Å². The summed E-state index contributed by atoms with van der Waals surface area (Å²) in [6.07, 6.45) is 6.17. The SMILES string of the molecule is CN(C)C(=O)N1CCC(NC2CCCC2(C)C)CC1. The lowest BCUT2D eigenvalue weighted by Gasteiger charge is -2.37. The Hall–Kier alpha value is -0.770. The summed E-state index contributed by atoms with van der Waals surface area (Å²) in [5.41, 5.74) is 0.441. The van der Waals surface area contributed by atoms with Crippen LogP contribution < -0.4 is 5.32 Å². The van der Waals surface area contributed by atoms with Gasteiger partial charge >= 0.3 is 6.03 Å². The topological polar surface area (TPSA) is 35.6 Å². The van der Waals surface area contributed by atoms with Gasteiger partial charge in [0.25, 0.3) is 0 Å². The second-order valence-electron chi connectivity index (χ2n) is 7.04. The summed E-state index contributed by atoms with van der Waals surface area (Å²) in [6, 6.07) is 1.40. The van der Waals surface area contributed by atoms with Crippen LogP contribution in [0.5, 0.6) is 0 Å². The van der Waals surface area contributed by atoms with Crippen molar-refractivity contribution < 1.29 is 4.79 Å². The summed E-state index contributed by atoms with van der Waals surface area (Å²) >= 11 is 0. The number of nitrogens with one attached hydrogen (secondary N) is 1. The Balaban J connectivity index is 1.79. The largest absolute Gasteiger partial charge is 0.331 e. The maximum atomic E-state index is 11.9. The molecule has 0 aromatic heterocycles. The van der Waals surface area contributed by atoms with Crippen LogP contribution in [-0.2, 0) is 0 Å². The lowest BCUT2D eigenvalue weighted by molar-refractivity contribution is 0.145. The van der Waals surface area contributed by atoms with Gasteiger partial charge in [0.15, 0.2) is 0 Å². The van der Waals surface area contributed by atoms with Crippen LogP contribution in [-0.4, -0.2) is 55.1 Å². The zero-order valence-corrected chi connectivity index (χ0v) is 12.9. The van der Waals surface area contributed by atoms with Gasteiger partial charge in [0.2, 0.25) is 0 Å². The zero-order chi connectivity index (χ0) is 14.0. The van der Waals surface area contributed by atoms with Gasteiger partial charge in [-0.25, -0.2) is 4.79 Å². The molecule has 1 aliphatic carbocycles. The molecule has 0 radical (unpaired) electrons. The molecule has 1 atom stereocenters. The minimum Gasteiger partial charge on any atom is -0.331 e. The summed E-state index contributed by atoms with van der Waals surface area (Å²) in [6.45, 7) is 6.54. The Morgan fingerprint density at radius 2 is 1.84 bits per heavy atom. The minimum absolute atomic E-state index is 0.152. The van der Waals surface area contributed by atoms with Crippen LogP contribution in [0.1, 0.15) is 46.0 Å². The monoisotopic (exact) mass is 267 g/mol. The first-order chi connectivity index (χ1) is 8.90. The highest BCUT2D eigenvalue weighted by atomic mass is 16.2. The zero-order valence-electron chi connectivity index (χ0n) is 12.9. The molecule has 1 saturated carbocycles. The lowest BCUT2D eigenvalue weighted by Crippen LogP contribution is -2.51. The van der Waals surface area contributed by atoms with E-state index in [2.05, 4.69) is 19.2 Å². The molecule has 1 saturated heterocycles. The van der Waals surface area contributed by atoms with E-state index in [0.29, 0.717) is 17.5 Å². The van der Waals surface area contributed by atoms with Gasteiger partial charge < -0.3 is 15.1 Å². The molecule has 2 amide bonds. The van der Waals surface area contributed by atoms with Gasteiger partial charge in [0.05, 0.1) is 0 Å². The molecule has 0 aromatic carbocycles. The van der Waals surface area contributed by atoms with Crippen molar-refractivity contribution in [3.8, 4) is 0 Å². The van der Waals surface area contributed by atoms with Gasteiger partial charge in [0.1, 0.15) is 0 Å². The molecule has 0 spiro atoms. The molecule has 1 unspecified atom stereocenters. The highest BCUT2D eigenvalue weighted by molar-refractivity contribution is 5.73. The predicted octanol–water partition coefficient (Wildman–Crippen LogP) is 2.30. The molecule has 110 valence electrons. The van der Waals surface area contributed by atoms with Crippen LogP contribution in [0, 0.1) is 5.41 Å². The van der Waals surface area contributed by atoms with Crippen LogP contribution in [0.2, 0.25) is 0 Å². The molecule has 0 aromatic rings. The van der Waals surface area contributed by atoms with Gasteiger partial charge in [-0.05, 0) is 31.1 Å². The van der Waals surface area contributed by atoms with Gasteiger partial charge in [-0.15, -0.1) is 0 Å². The number of piperidine rings is 1. The van der Waals surface area contributed by atoms with Crippen LogP contribution in [0.25, 0.3) is 0 Å². The average Bonchev–Trinajstić information content (AvgIpc) is 2.69. The summed E-state index contributed by atoms with van der Waals surface area (Å²) in [4.78, 5) is 15.5. The fraction of sp³-hybridized carbons (Fsp3) is 0.933. The van der Waals surface area contributed by atoms with E-state index in [1.165, 1.54) is 19.3 Å². The predicted molar refractivity (Wildman–Crippen MR) is 78.2 cm³/mol. The maximum absolute atomic E-state index is 11.9. The van der Waals surface area contributed by atoms with E-state index in [1.807, 2.05) is 19.0 Å². The number of urea groups is 1. The second-order valence-corrected chi connectivity index (χ2v) is 7.04. The van der Waals surface area contributed by atoms with E-state index in [4.69, 9.17) is 0 Å². The van der Waals surface area contributed by atoms with Crippen LogP contribution in [0.3, 0.4) is 0 Å². The molecular formula is C15H29N3O. The number of nitrogens with zero attached hydrogens (tertiary/aromatic N) is 2. The maximum Gasteiger partial charge on any atom is 0.319 e. The Labute approximate surface area is 117 Å². The molecule has 1 aliphatic heterocycles. The number of rotatable bonds is 2. The van der Waals surface area contributed by atoms with Crippen molar-refractivity contribution in [2.75, 3.05) is 27.2 Å². The van der Waals surface area contributed by atoms with Crippen molar-refractivity contribution in [2.45, 2.75) is 58.0 Å². The van der Waals surface area contributed by atoms with Crippen LogP contribution in [0.4, 0.5) is 4.79 Å². The van der Waals surface area contributed by atoms with Crippen molar-refractivity contribution in [2.24, 2.45) is 5.41 Å². The van der Waals surface area contributed by atoms with E-state index in [-0.39, 0.29) is 6.03 Å². The van der Waals surface area contributed by atoms with Crippen LogP contribution >= 0.6 is 0 Å². The van der Waals surface area contributed by atoms with Crippen molar-refractivity contribution in [1.82, 2.24) is 15.1 Å². The Morgan fingerprint density at radius 3 is 2.32 bits per heavy atom. The third-order valence-corrected chi connectivity index (χ3v) is 4.84. The highest BCUT2D eigenvalue weighted by Crippen LogP contribution is 2.37. The number of carbonyl (C=O) groups is 1. The molecule has 2 aliphatic rings. The second kappa shape index (κ2) is 5.70. The molecule has 1 heterocycles. The van der Waals surface area contributed by atoms with Crippen molar-refractivity contribution in [1.29, 1.82) is 0 Å².